The van der Waals surface area contributed by atoms with Crippen molar-refractivity contribution in [1.82, 2.24) is 14.5 Å². The van der Waals surface area contributed by atoms with Crippen LogP contribution in [0.25, 0.3) is 5.76 Å². The van der Waals surface area contributed by atoms with Crippen molar-refractivity contribution in [3.8, 4) is 17.2 Å². The fourth-order valence-electron chi connectivity index (χ4n) is 5.51. The number of carbonyl (C=O) groups excluding carboxylic acids is 2. The van der Waals surface area contributed by atoms with Gasteiger partial charge in [-0.05, 0) is 73.0 Å². The highest BCUT2D eigenvalue weighted by Gasteiger charge is 2.46. The fraction of sp³-hybridized carbons (Fsp3) is 0.162. The number of aryl methyl sites for hydroxylation is 2. The minimum atomic E-state index is -0.802. The first-order chi connectivity index (χ1) is 22.0. The van der Waals surface area contributed by atoms with Crippen LogP contribution in [0.2, 0.25) is 0 Å². The van der Waals surface area contributed by atoms with E-state index in [9.17, 15) is 14.7 Å². The summed E-state index contributed by atoms with van der Waals surface area (Å²) in [7, 11) is 0. The predicted molar refractivity (Wildman–Crippen MR) is 171 cm³/mol. The minimum absolute atomic E-state index is 0.0351. The van der Waals surface area contributed by atoms with E-state index in [1.165, 1.54) is 4.90 Å². The molecule has 8 nitrogen and oxygen atoms in total. The number of aliphatic hydroxyl groups is 1. The quantitative estimate of drug-likeness (QED) is 0.0991. The summed E-state index contributed by atoms with van der Waals surface area (Å²) in [6.45, 7) is 3.36. The summed E-state index contributed by atoms with van der Waals surface area (Å²) in [6, 6.07) is 30.8. The van der Waals surface area contributed by atoms with Gasteiger partial charge >= 0.3 is 0 Å². The Morgan fingerprint density at radius 2 is 1.62 bits per heavy atom. The molecule has 1 aliphatic heterocycles. The molecule has 2 heterocycles. The molecule has 0 bridgehead atoms. The average Bonchev–Trinajstić information content (AvgIpc) is 3.67. The lowest BCUT2D eigenvalue weighted by atomic mass is 9.95. The zero-order valence-electron chi connectivity index (χ0n) is 24.9. The van der Waals surface area contributed by atoms with Crippen LogP contribution in [0.4, 0.5) is 0 Å². The van der Waals surface area contributed by atoms with Gasteiger partial charge in [0.1, 0.15) is 29.6 Å². The molecule has 1 N–H and O–H groups in total. The van der Waals surface area contributed by atoms with E-state index in [0.717, 1.165) is 11.1 Å². The van der Waals surface area contributed by atoms with Crippen molar-refractivity contribution in [2.75, 3.05) is 6.54 Å². The predicted octanol–water partition coefficient (Wildman–Crippen LogP) is 7.07. The Bertz CT molecular complexity index is 1810. The Kier molecular flexibility index (Phi) is 8.73. The molecular weight excluding hydrogens is 566 g/mol. The molecule has 0 aliphatic carbocycles. The number of likely N-dealkylation sites (tertiary alicyclic amines) is 1. The van der Waals surface area contributed by atoms with Crippen LogP contribution in [0.1, 0.15) is 34.7 Å². The van der Waals surface area contributed by atoms with Gasteiger partial charge in [-0.1, -0.05) is 60.2 Å². The highest BCUT2D eigenvalue weighted by Crippen LogP contribution is 2.41. The second-order valence-electron chi connectivity index (χ2n) is 10.9. The summed E-state index contributed by atoms with van der Waals surface area (Å²) < 4.78 is 13.9. The number of aromatic nitrogens is 2. The Hall–Kier alpha value is -5.63. The maximum absolute atomic E-state index is 13.6. The number of ketones is 1. The second-order valence-corrected chi connectivity index (χ2v) is 10.9. The van der Waals surface area contributed by atoms with Crippen molar-refractivity contribution in [3.05, 3.63) is 150 Å². The van der Waals surface area contributed by atoms with Crippen LogP contribution in [0.15, 0.2) is 127 Å². The molecule has 1 unspecified atom stereocenters. The normalized spacial score (nSPS) is 15.8. The van der Waals surface area contributed by atoms with Crippen molar-refractivity contribution >= 4 is 17.4 Å². The number of amides is 1. The first-order valence-corrected chi connectivity index (χ1v) is 14.8. The van der Waals surface area contributed by atoms with Crippen LogP contribution in [0.3, 0.4) is 0 Å². The molecule has 1 fully saturated rings. The standard InChI is InChI=1S/C37H33N3O5/c1-26-8-5-9-27(22-26)24-44-30-16-14-28(15-17-30)35(41)33-34(29-10-6-13-32(23-29)45-31-11-3-2-4-12-31)40(37(43)36(33)42)20-7-19-39-21-18-38-25-39/h2-6,8-18,21-23,25,34,41H,7,19-20,24H2,1H3/b35-33+. The molecule has 0 spiro atoms. The van der Waals surface area contributed by atoms with E-state index < -0.39 is 17.7 Å². The number of carbonyl (C=O) groups is 2. The van der Waals surface area contributed by atoms with Gasteiger partial charge < -0.3 is 24.0 Å². The molecule has 45 heavy (non-hydrogen) atoms. The number of hydrogen-bond acceptors (Lipinski definition) is 6. The summed E-state index contributed by atoms with van der Waals surface area (Å²) in [6.07, 6.45) is 5.85. The number of Topliss-reactive ketones (excluding diaryl/α,β-unsaturated/α-hetero) is 1. The lowest BCUT2D eigenvalue weighted by molar-refractivity contribution is -0.139. The average molecular weight is 600 g/mol. The smallest absolute Gasteiger partial charge is 0.295 e. The van der Waals surface area contributed by atoms with E-state index in [0.29, 0.717) is 54.5 Å². The number of aliphatic hydroxyl groups excluding tert-OH is 1. The number of ether oxygens (including phenoxy) is 2. The molecule has 1 amide bonds. The Balaban J connectivity index is 1.30. The van der Waals surface area contributed by atoms with Crippen LogP contribution >= 0.6 is 0 Å². The highest BCUT2D eigenvalue weighted by molar-refractivity contribution is 6.46. The van der Waals surface area contributed by atoms with Gasteiger partial charge in [0, 0.05) is 31.0 Å². The largest absolute Gasteiger partial charge is 0.507 e. The summed E-state index contributed by atoms with van der Waals surface area (Å²) in [5.41, 5.74) is 3.31. The van der Waals surface area contributed by atoms with E-state index in [1.807, 2.05) is 90.5 Å². The van der Waals surface area contributed by atoms with E-state index in [2.05, 4.69) is 11.1 Å². The number of imidazole rings is 1. The third-order valence-electron chi connectivity index (χ3n) is 7.68. The van der Waals surface area contributed by atoms with Crippen molar-refractivity contribution < 1.29 is 24.2 Å². The molecule has 0 radical (unpaired) electrons. The summed E-state index contributed by atoms with van der Waals surface area (Å²) in [5.74, 6) is 0.214. The Morgan fingerprint density at radius 1 is 0.844 bits per heavy atom. The van der Waals surface area contributed by atoms with Crippen LogP contribution in [0, 0.1) is 6.92 Å². The molecule has 226 valence electrons. The van der Waals surface area contributed by atoms with Crippen LogP contribution in [-0.4, -0.2) is 37.8 Å². The van der Waals surface area contributed by atoms with Gasteiger partial charge in [0.05, 0.1) is 17.9 Å². The van der Waals surface area contributed by atoms with Gasteiger partial charge in [-0.3, -0.25) is 9.59 Å². The van der Waals surface area contributed by atoms with Crippen molar-refractivity contribution in [3.63, 3.8) is 0 Å². The number of rotatable bonds is 11. The molecule has 6 rings (SSSR count). The highest BCUT2D eigenvalue weighted by atomic mass is 16.5. The van der Waals surface area contributed by atoms with Crippen LogP contribution in [0.5, 0.6) is 17.2 Å². The summed E-state index contributed by atoms with van der Waals surface area (Å²) in [4.78, 5) is 32.6. The van der Waals surface area contributed by atoms with Crippen molar-refractivity contribution in [2.45, 2.75) is 32.5 Å². The van der Waals surface area contributed by atoms with Crippen LogP contribution in [-0.2, 0) is 22.7 Å². The molecule has 0 saturated carbocycles. The maximum atomic E-state index is 13.6. The lowest BCUT2D eigenvalue weighted by Crippen LogP contribution is -2.31. The SMILES string of the molecule is Cc1cccc(COc2ccc(/C(O)=C3\C(=O)C(=O)N(CCCn4ccnc4)C3c3cccc(Oc4ccccc4)c3)cc2)c1. The molecule has 1 atom stereocenters. The van der Waals surface area contributed by atoms with E-state index in [-0.39, 0.29) is 11.3 Å². The van der Waals surface area contributed by atoms with Crippen molar-refractivity contribution in [2.24, 2.45) is 0 Å². The van der Waals surface area contributed by atoms with E-state index in [1.54, 1.807) is 36.8 Å². The molecule has 4 aromatic carbocycles. The van der Waals surface area contributed by atoms with Crippen molar-refractivity contribution in [1.29, 1.82) is 0 Å². The minimum Gasteiger partial charge on any atom is -0.507 e. The summed E-state index contributed by atoms with van der Waals surface area (Å²) in [5, 5.41) is 11.6. The number of nitrogens with zero attached hydrogens (tertiary/aromatic N) is 3. The number of benzene rings is 4. The van der Waals surface area contributed by atoms with Gasteiger partial charge in [0.15, 0.2) is 0 Å². The third kappa shape index (κ3) is 6.80. The zero-order chi connectivity index (χ0) is 31.2. The third-order valence-corrected chi connectivity index (χ3v) is 7.68. The van der Waals surface area contributed by atoms with E-state index >= 15 is 0 Å². The number of hydrogen-bond donors (Lipinski definition) is 1. The molecule has 1 aliphatic rings. The van der Waals surface area contributed by atoms with Gasteiger partial charge in [-0.2, -0.15) is 0 Å². The van der Waals surface area contributed by atoms with Gasteiger partial charge in [0.25, 0.3) is 11.7 Å². The summed E-state index contributed by atoms with van der Waals surface area (Å²) >= 11 is 0. The van der Waals surface area contributed by atoms with Crippen LogP contribution < -0.4 is 9.47 Å². The van der Waals surface area contributed by atoms with E-state index in [4.69, 9.17) is 9.47 Å². The first kappa shape index (κ1) is 29.4. The monoisotopic (exact) mass is 599 g/mol. The molecule has 8 heteroatoms. The molecular formula is C37H33N3O5. The molecule has 5 aromatic rings. The maximum Gasteiger partial charge on any atom is 0.295 e. The second kappa shape index (κ2) is 13.3. The fourth-order valence-corrected chi connectivity index (χ4v) is 5.51. The molecule has 1 saturated heterocycles. The van der Waals surface area contributed by atoms with Gasteiger partial charge in [-0.15, -0.1) is 0 Å². The number of para-hydroxylation sites is 1. The Labute approximate surface area is 261 Å². The Morgan fingerprint density at radius 3 is 2.38 bits per heavy atom. The topological polar surface area (TPSA) is 93.9 Å². The van der Waals surface area contributed by atoms with Gasteiger partial charge in [-0.25, -0.2) is 4.98 Å². The first-order valence-electron chi connectivity index (χ1n) is 14.8. The van der Waals surface area contributed by atoms with Gasteiger partial charge in [0.2, 0.25) is 0 Å². The molecule has 1 aromatic heterocycles. The zero-order valence-corrected chi connectivity index (χ0v) is 24.9. The lowest BCUT2D eigenvalue weighted by Gasteiger charge is -2.26.